The molecule has 6 nitrogen and oxygen atoms in total. The summed E-state index contributed by atoms with van der Waals surface area (Å²) >= 11 is 2.57. The number of benzene rings is 3. The summed E-state index contributed by atoms with van der Waals surface area (Å²) in [6.07, 6.45) is -1.27. The molecule has 5 aromatic rings. The number of carbonyl (C=O) groups excluding carboxylic acids is 2. The molecule has 2 heterocycles. The maximum Gasteiger partial charge on any atom is 0.416 e. The first-order valence-electron chi connectivity index (χ1n) is 14.2. The average Bonchev–Trinajstić information content (AvgIpc) is 3.60. The smallest absolute Gasteiger partial charge is 0.416 e. The van der Waals surface area contributed by atoms with Crippen LogP contribution >= 0.6 is 23.1 Å². The van der Waals surface area contributed by atoms with Crippen molar-refractivity contribution in [2.75, 3.05) is 12.4 Å². The Balaban J connectivity index is 1.40. The van der Waals surface area contributed by atoms with E-state index in [9.17, 15) is 28.0 Å². The third-order valence-corrected chi connectivity index (χ3v) is 8.95. The number of halogens is 3. The molecule has 0 saturated heterocycles. The van der Waals surface area contributed by atoms with Crippen LogP contribution in [0.15, 0.2) is 107 Å². The molecule has 0 aliphatic carbocycles. The highest BCUT2D eigenvalue weighted by atomic mass is 32.2. The van der Waals surface area contributed by atoms with Crippen molar-refractivity contribution in [3.8, 4) is 34.2 Å². The first-order chi connectivity index (χ1) is 22.5. The molecule has 0 aliphatic heterocycles. The van der Waals surface area contributed by atoms with Gasteiger partial charge in [0, 0.05) is 27.3 Å². The van der Waals surface area contributed by atoms with E-state index in [0.29, 0.717) is 39.4 Å². The number of ketones is 1. The molecular formula is C36H26F3N3O3S2. The molecule has 0 bridgehead atoms. The van der Waals surface area contributed by atoms with E-state index in [1.165, 1.54) is 36.7 Å². The number of ether oxygens (including phenoxy) is 1. The molecule has 1 atom stereocenters. The second-order valence-electron chi connectivity index (χ2n) is 10.2. The minimum Gasteiger partial charge on any atom is -0.497 e. The number of hydrogen-bond donors (Lipinski definition) is 1. The number of thiophene rings is 1. The lowest BCUT2D eigenvalue weighted by Crippen LogP contribution is -2.22. The molecule has 0 saturated carbocycles. The zero-order valence-electron chi connectivity index (χ0n) is 25.0. The van der Waals surface area contributed by atoms with Gasteiger partial charge in [0.2, 0.25) is 5.91 Å². The molecule has 11 heteroatoms. The number of rotatable bonds is 10. The van der Waals surface area contributed by atoms with E-state index < -0.39 is 17.0 Å². The van der Waals surface area contributed by atoms with E-state index in [1.807, 2.05) is 17.5 Å². The normalized spacial score (nSPS) is 12.0. The molecule has 0 spiro atoms. The maximum absolute atomic E-state index is 13.3. The van der Waals surface area contributed by atoms with E-state index in [4.69, 9.17) is 9.72 Å². The molecule has 5 rings (SSSR count). The van der Waals surface area contributed by atoms with Crippen LogP contribution < -0.4 is 10.1 Å². The van der Waals surface area contributed by atoms with Gasteiger partial charge in [-0.15, -0.1) is 11.3 Å². The molecule has 0 aliphatic rings. The van der Waals surface area contributed by atoms with Crippen LogP contribution in [-0.2, 0) is 11.0 Å². The lowest BCUT2D eigenvalue weighted by molar-refractivity contribution is -0.137. The number of alkyl halides is 3. The van der Waals surface area contributed by atoms with Crippen LogP contribution in [0.3, 0.4) is 0 Å². The fourth-order valence-electron chi connectivity index (χ4n) is 4.53. The van der Waals surface area contributed by atoms with Gasteiger partial charge in [-0.3, -0.25) is 9.59 Å². The van der Waals surface area contributed by atoms with Crippen LogP contribution in [-0.4, -0.2) is 29.0 Å². The molecule has 1 amide bonds. The highest BCUT2D eigenvalue weighted by Gasteiger charge is 2.30. The first-order valence-corrected chi connectivity index (χ1v) is 15.9. The Hall–Kier alpha value is -5.18. The van der Waals surface area contributed by atoms with Crippen LogP contribution in [0.5, 0.6) is 5.75 Å². The van der Waals surface area contributed by atoms with Gasteiger partial charge in [-0.1, -0.05) is 42.1 Å². The van der Waals surface area contributed by atoms with Crippen LogP contribution in [0.1, 0.15) is 33.3 Å². The zero-order chi connectivity index (χ0) is 33.6. The van der Waals surface area contributed by atoms with Gasteiger partial charge in [-0.05, 0) is 90.7 Å². The van der Waals surface area contributed by atoms with Crippen molar-refractivity contribution in [2.24, 2.45) is 0 Å². The van der Waals surface area contributed by atoms with E-state index in [1.54, 1.807) is 67.6 Å². The topological polar surface area (TPSA) is 92.1 Å². The van der Waals surface area contributed by atoms with E-state index >= 15 is 0 Å². The summed E-state index contributed by atoms with van der Waals surface area (Å²) in [6, 6.07) is 25.7. The number of amides is 1. The van der Waals surface area contributed by atoms with Gasteiger partial charge in [0.15, 0.2) is 5.78 Å². The molecule has 3 aromatic carbocycles. The molecule has 1 N–H and O–H groups in total. The molecule has 47 heavy (non-hydrogen) atoms. The summed E-state index contributed by atoms with van der Waals surface area (Å²) in [7, 11) is 1.52. The molecule has 0 fully saturated rings. The van der Waals surface area contributed by atoms with Crippen molar-refractivity contribution in [3.63, 3.8) is 0 Å². The summed E-state index contributed by atoms with van der Waals surface area (Å²) in [4.78, 5) is 31.5. The minimum absolute atomic E-state index is 0.125. The number of thioether (sulfide) groups is 1. The first kappa shape index (κ1) is 33.2. The predicted octanol–water partition coefficient (Wildman–Crippen LogP) is 9.39. The van der Waals surface area contributed by atoms with Gasteiger partial charge in [0.25, 0.3) is 0 Å². The van der Waals surface area contributed by atoms with Crippen LogP contribution in [0.25, 0.3) is 28.5 Å². The number of nitrogens with one attached hydrogen (secondary N) is 1. The van der Waals surface area contributed by atoms with Gasteiger partial charge >= 0.3 is 6.18 Å². The average molecular weight is 670 g/mol. The SMILES string of the molecule is COc1cccc(-c2cc(-c3ccc(C(F)(F)F)cc3)c(C#N)c(S[C@H](C)C(=O)Nc3ccc(C(=O)/C=C/c4cccs4)cc3)n2)c1. The monoisotopic (exact) mass is 669 g/mol. The predicted molar refractivity (Wildman–Crippen MR) is 179 cm³/mol. The zero-order valence-corrected chi connectivity index (χ0v) is 26.7. The molecule has 2 aromatic heterocycles. The summed E-state index contributed by atoms with van der Waals surface area (Å²) in [5.41, 5.74) is 2.12. The highest BCUT2D eigenvalue weighted by Crippen LogP contribution is 2.38. The lowest BCUT2D eigenvalue weighted by Gasteiger charge is -2.16. The van der Waals surface area contributed by atoms with Crippen LogP contribution in [0.2, 0.25) is 0 Å². The van der Waals surface area contributed by atoms with Crippen LogP contribution in [0.4, 0.5) is 18.9 Å². The molecule has 236 valence electrons. The number of allylic oxidation sites excluding steroid dienone is 1. The Labute approximate surface area is 277 Å². The van der Waals surface area contributed by atoms with Crippen molar-refractivity contribution >= 4 is 46.6 Å². The summed E-state index contributed by atoms with van der Waals surface area (Å²) in [5.74, 6) is 0.0215. The third-order valence-electron chi connectivity index (χ3n) is 7.02. The van der Waals surface area contributed by atoms with Crippen molar-refractivity contribution in [2.45, 2.75) is 23.4 Å². The third kappa shape index (κ3) is 8.16. The number of nitriles is 1. The van der Waals surface area contributed by atoms with Gasteiger partial charge < -0.3 is 10.1 Å². The van der Waals surface area contributed by atoms with E-state index in [-0.39, 0.29) is 22.3 Å². The summed E-state index contributed by atoms with van der Waals surface area (Å²) in [6.45, 7) is 1.66. The summed E-state index contributed by atoms with van der Waals surface area (Å²) < 4.78 is 45.1. The van der Waals surface area contributed by atoms with Gasteiger partial charge in [0.05, 0.1) is 29.2 Å². The Morgan fingerprint density at radius 2 is 1.74 bits per heavy atom. The van der Waals surface area contributed by atoms with Gasteiger partial charge in [0.1, 0.15) is 16.8 Å². The Kier molecular flexibility index (Phi) is 10.2. The van der Waals surface area contributed by atoms with Gasteiger partial charge in [-0.2, -0.15) is 18.4 Å². The minimum atomic E-state index is -4.51. The molecule has 0 unspecified atom stereocenters. The second-order valence-corrected chi connectivity index (χ2v) is 12.5. The number of nitrogens with zero attached hydrogens (tertiary/aromatic N) is 2. The number of hydrogen-bond acceptors (Lipinski definition) is 7. The number of anilines is 1. The Morgan fingerprint density at radius 1 is 1.00 bits per heavy atom. The molecule has 0 radical (unpaired) electrons. The molecular weight excluding hydrogens is 644 g/mol. The highest BCUT2D eigenvalue weighted by molar-refractivity contribution is 8.00. The summed E-state index contributed by atoms with van der Waals surface area (Å²) in [5, 5.41) is 14.5. The maximum atomic E-state index is 13.3. The van der Waals surface area contributed by atoms with Crippen molar-refractivity contribution in [3.05, 3.63) is 124 Å². The number of carbonyl (C=O) groups is 2. The van der Waals surface area contributed by atoms with Crippen molar-refractivity contribution in [1.29, 1.82) is 5.26 Å². The standard InChI is InChI=1S/C36H26F3N3O3S2/c1-22(34(44)41-27-14-10-24(11-15-27)33(43)17-16-29-7-4-18-46-29)47-35-31(21-40)30(23-8-12-26(13-9-23)36(37,38)39)20-32(42-35)25-5-3-6-28(19-25)45-2/h3-20,22H,1-2H3,(H,41,44)/b17-16+/t22-/m1/s1. The second kappa shape index (κ2) is 14.5. The fourth-order valence-corrected chi connectivity index (χ4v) is 6.08. The van der Waals surface area contributed by atoms with Gasteiger partial charge in [-0.25, -0.2) is 4.98 Å². The quantitative estimate of drug-likeness (QED) is 0.0905. The van der Waals surface area contributed by atoms with Crippen molar-refractivity contribution < 1.29 is 27.5 Å². The number of methoxy groups -OCH3 is 1. The number of pyridine rings is 1. The van der Waals surface area contributed by atoms with Crippen molar-refractivity contribution in [1.82, 2.24) is 4.98 Å². The van der Waals surface area contributed by atoms with E-state index in [0.717, 1.165) is 28.8 Å². The largest absolute Gasteiger partial charge is 0.497 e. The van der Waals surface area contributed by atoms with E-state index in [2.05, 4.69) is 11.4 Å². The Morgan fingerprint density at radius 3 is 2.38 bits per heavy atom. The number of aromatic nitrogens is 1. The van der Waals surface area contributed by atoms with Crippen LogP contribution in [0, 0.1) is 11.3 Å². The lowest BCUT2D eigenvalue weighted by atomic mass is 9.98. The fraction of sp³-hybridized carbons (Fsp3) is 0.111. The Bertz CT molecular complexity index is 1970.